The number of hydrogen-bond donors (Lipinski definition) is 0. The second-order valence-corrected chi connectivity index (χ2v) is 12.3. The van der Waals surface area contributed by atoms with Crippen LogP contribution in [-0.2, 0) is 28.4 Å². The molecule has 0 unspecified atom stereocenters. The number of hydrogen-bond acceptors (Lipinski definition) is 9. The van der Waals surface area contributed by atoms with Crippen molar-refractivity contribution in [3.05, 3.63) is 88.4 Å². The lowest BCUT2D eigenvalue weighted by Crippen LogP contribution is -2.49. The number of ether oxygens (including phenoxy) is 3. The van der Waals surface area contributed by atoms with Crippen molar-refractivity contribution in [3.8, 4) is 28.1 Å². The standard InChI is InChI=1S/C35H30F7N5O5/c1-17-7-19(31(48)51-4)5-6-25(17)21-10-26(30(50-3)43-12-21)27-13-44-32(46-14-24(36)15-46)45-28(27)16-47-18(2)29(52-33(47)49)20-8-22(34(37,38)39)11-23(9-20)35(40,41)42/h5-13,18,24,29H,14-16H2,1-4H3/t18-,29-/m0/s1. The molecule has 2 aromatic heterocycles. The molecule has 52 heavy (non-hydrogen) atoms. The van der Waals surface area contributed by atoms with Crippen LogP contribution in [0.15, 0.2) is 54.9 Å². The Morgan fingerprint density at radius 3 is 2.17 bits per heavy atom. The van der Waals surface area contributed by atoms with Crippen LogP contribution in [0, 0.1) is 6.92 Å². The number of benzene rings is 2. The lowest BCUT2D eigenvalue weighted by atomic mass is 9.96. The summed E-state index contributed by atoms with van der Waals surface area (Å²) in [6, 6.07) is 6.67. The first-order chi connectivity index (χ1) is 24.5. The van der Waals surface area contributed by atoms with E-state index < -0.39 is 59.4 Å². The number of aryl methyl sites for hydroxylation is 1. The molecule has 1 amide bonds. The fourth-order valence-corrected chi connectivity index (χ4v) is 6.14. The first kappa shape index (κ1) is 36.3. The lowest BCUT2D eigenvalue weighted by molar-refractivity contribution is -0.143. The zero-order valence-electron chi connectivity index (χ0n) is 28.0. The number of cyclic esters (lactones) is 1. The van der Waals surface area contributed by atoms with Gasteiger partial charge in [0.2, 0.25) is 11.8 Å². The van der Waals surface area contributed by atoms with Crippen molar-refractivity contribution in [2.45, 2.75) is 51.1 Å². The maximum atomic E-state index is 13.8. The van der Waals surface area contributed by atoms with E-state index in [1.54, 1.807) is 42.3 Å². The van der Waals surface area contributed by atoms with Gasteiger partial charge in [0, 0.05) is 29.1 Å². The third-order valence-electron chi connectivity index (χ3n) is 8.92. The molecule has 0 N–H and O–H groups in total. The highest BCUT2D eigenvalue weighted by molar-refractivity contribution is 5.91. The third kappa shape index (κ3) is 7.03. The van der Waals surface area contributed by atoms with Crippen LogP contribution in [0.5, 0.6) is 5.88 Å². The molecule has 4 aromatic rings. The Balaban J connectivity index is 1.41. The third-order valence-corrected chi connectivity index (χ3v) is 8.92. The Bertz CT molecular complexity index is 2000. The van der Waals surface area contributed by atoms with Gasteiger partial charge in [-0.25, -0.2) is 28.9 Å². The molecular formula is C35H30F7N5O5. The molecule has 2 aliphatic heterocycles. The number of aromatic nitrogens is 3. The van der Waals surface area contributed by atoms with Crippen LogP contribution >= 0.6 is 0 Å². The maximum Gasteiger partial charge on any atom is 0.416 e. The minimum absolute atomic E-state index is 0.000306. The van der Waals surface area contributed by atoms with Gasteiger partial charge in [0.05, 0.1) is 62.3 Å². The highest BCUT2D eigenvalue weighted by Gasteiger charge is 2.44. The van der Waals surface area contributed by atoms with E-state index in [2.05, 4.69) is 15.0 Å². The Labute approximate surface area is 292 Å². The quantitative estimate of drug-likeness (QED) is 0.134. The van der Waals surface area contributed by atoms with Crippen LogP contribution in [0.25, 0.3) is 22.3 Å². The van der Waals surface area contributed by atoms with Crippen LogP contribution in [-0.4, -0.2) is 71.4 Å². The van der Waals surface area contributed by atoms with E-state index in [0.29, 0.717) is 45.5 Å². The summed E-state index contributed by atoms with van der Waals surface area (Å²) in [5.74, 6) is -0.247. The van der Waals surface area contributed by atoms with Crippen LogP contribution in [0.1, 0.15) is 51.3 Å². The van der Waals surface area contributed by atoms with Crippen molar-refractivity contribution in [1.82, 2.24) is 19.9 Å². The van der Waals surface area contributed by atoms with Crippen LogP contribution in [0.3, 0.4) is 0 Å². The number of alkyl halides is 7. The molecule has 0 bridgehead atoms. The normalized spacial score (nSPS) is 17.9. The number of carbonyl (C=O) groups excluding carboxylic acids is 2. The van der Waals surface area contributed by atoms with E-state index >= 15 is 0 Å². The lowest BCUT2D eigenvalue weighted by Gasteiger charge is -2.34. The van der Waals surface area contributed by atoms with Crippen LogP contribution in [0.2, 0.25) is 0 Å². The second-order valence-electron chi connectivity index (χ2n) is 12.3. The number of pyridine rings is 1. The van der Waals surface area contributed by atoms with Gasteiger partial charge in [-0.2, -0.15) is 26.3 Å². The van der Waals surface area contributed by atoms with E-state index in [9.17, 15) is 40.3 Å². The Morgan fingerprint density at radius 2 is 1.60 bits per heavy atom. The average molecular weight is 734 g/mol. The largest absolute Gasteiger partial charge is 0.481 e. The Hall–Kier alpha value is -5.48. The molecular weight excluding hydrogens is 703 g/mol. The van der Waals surface area contributed by atoms with E-state index in [1.165, 1.54) is 27.3 Å². The first-order valence-corrected chi connectivity index (χ1v) is 15.7. The van der Waals surface area contributed by atoms with E-state index in [0.717, 1.165) is 4.90 Å². The molecule has 2 fully saturated rings. The number of methoxy groups -OCH3 is 2. The summed E-state index contributed by atoms with van der Waals surface area (Å²) in [6.07, 6.45) is -10.8. The topological polar surface area (TPSA) is 107 Å². The van der Waals surface area contributed by atoms with Gasteiger partial charge in [-0.3, -0.25) is 4.90 Å². The molecule has 2 saturated heterocycles. The fourth-order valence-electron chi connectivity index (χ4n) is 6.14. The Kier molecular flexibility index (Phi) is 9.48. The molecule has 0 saturated carbocycles. The highest BCUT2D eigenvalue weighted by atomic mass is 19.4. The molecule has 2 aliphatic rings. The highest BCUT2D eigenvalue weighted by Crippen LogP contribution is 2.42. The molecule has 2 atom stereocenters. The summed E-state index contributed by atoms with van der Waals surface area (Å²) < 4.78 is 111. The summed E-state index contributed by atoms with van der Waals surface area (Å²) in [5.41, 5.74) is -0.347. The zero-order chi connectivity index (χ0) is 37.7. The second kappa shape index (κ2) is 13.6. The van der Waals surface area contributed by atoms with Crippen molar-refractivity contribution >= 4 is 18.0 Å². The minimum Gasteiger partial charge on any atom is -0.481 e. The van der Waals surface area contributed by atoms with Gasteiger partial charge in [-0.1, -0.05) is 6.07 Å². The number of nitrogens with zero attached hydrogens (tertiary/aromatic N) is 5. The van der Waals surface area contributed by atoms with Gasteiger partial charge in [0.1, 0.15) is 12.3 Å². The number of amides is 1. The Morgan fingerprint density at radius 1 is 0.923 bits per heavy atom. The molecule has 2 aromatic carbocycles. The number of carbonyl (C=O) groups is 2. The molecule has 274 valence electrons. The van der Waals surface area contributed by atoms with Gasteiger partial charge in [0.15, 0.2) is 0 Å². The van der Waals surface area contributed by atoms with Gasteiger partial charge >= 0.3 is 24.4 Å². The van der Waals surface area contributed by atoms with Gasteiger partial charge < -0.3 is 19.1 Å². The molecule has 10 nitrogen and oxygen atoms in total. The monoisotopic (exact) mass is 733 g/mol. The summed E-state index contributed by atoms with van der Waals surface area (Å²) in [4.78, 5) is 41.6. The van der Waals surface area contributed by atoms with Crippen molar-refractivity contribution in [2.24, 2.45) is 0 Å². The summed E-state index contributed by atoms with van der Waals surface area (Å²) >= 11 is 0. The van der Waals surface area contributed by atoms with E-state index in [1.807, 2.05) is 0 Å². The van der Waals surface area contributed by atoms with Gasteiger partial charge in [-0.15, -0.1) is 0 Å². The van der Waals surface area contributed by atoms with Gasteiger partial charge in [0.25, 0.3) is 0 Å². The summed E-state index contributed by atoms with van der Waals surface area (Å²) in [5, 5.41) is 0. The molecule has 6 rings (SSSR count). The molecule has 0 spiro atoms. The van der Waals surface area contributed by atoms with Crippen molar-refractivity contribution < 1.29 is 54.5 Å². The minimum atomic E-state index is -5.10. The van der Waals surface area contributed by atoms with Crippen molar-refractivity contribution in [3.63, 3.8) is 0 Å². The first-order valence-electron chi connectivity index (χ1n) is 15.7. The van der Waals surface area contributed by atoms with Crippen molar-refractivity contribution in [2.75, 3.05) is 32.2 Å². The van der Waals surface area contributed by atoms with Crippen LogP contribution < -0.4 is 9.64 Å². The van der Waals surface area contributed by atoms with Gasteiger partial charge in [-0.05, 0) is 66.9 Å². The number of esters is 1. The predicted octanol–water partition coefficient (Wildman–Crippen LogP) is 7.59. The smallest absolute Gasteiger partial charge is 0.416 e. The SMILES string of the molecule is COC(=O)c1ccc(-c2cnc(OC)c(-c3cnc(N4CC(F)C4)nc3CN3C(=O)O[C@H](c4cc(C(F)(F)F)cc(C(F)(F)F)c4)[C@@H]3C)c2)c(C)c1. The van der Waals surface area contributed by atoms with Crippen molar-refractivity contribution in [1.29, 1.82) is 0 Å². The number of halogens is 7. The molecule has 0 aliphatic carbocycles. The summed E-state index contributed by atoms with van der Waals surface area (Å²) in [7, 11) is 2.65. The van der Waals surface area contributed by atoms with E-state index in [-0.39, 0.29) is 43.2 Å². The molecule has 0 radical (unpaired) electrons. The number of anilines is 1. The molecule has 17 heteroatoms. The van der Waals surface area contributed by atoms with E-state index in [4.69, 9.17) is 14.2 Å². The zero-order valence-corrected chi connectivity index (χ0v) is 28.0. The summed E-state index contributed by atoms with van der Waals surface area (Å²) in [6.45, 7) is 2.92. The number of rotatable bonds is 8. The maximum absolute atomic E-state index is 13.8. The predicted molar refractivity (Wildman–Crippen MR) is 171 cm³/mol. The average Bonchev–Trinajstić information content (AvgIpc) is 3.37. The fraction of sp³-hybridized carbons (Fsp3) is 0.343. The van der Waals surface area contributed by atoms with Crippen LogP contribution in [0.4, 0.5) is 41.5 Å². The molecule has 4 heterocycles.